The first-order chi connectivity index (χ1) is 6.25. The Bertz CT molecular complexity index is 136. The van der Waals surface area contributed by atoms with Crippen LogP contribution in [-0.4, -0.2) is 18.3 Å². The fraction of sp³-hybridized carbons (Fsp3) is 1.00. The average Bonchev–Trinajstić information content (AvgIpc) is 1.76. The Labute approximate surface area is 93.2 Å². The molecule has 0 aromatic heterocycles. The molecule has 0 saturated heterocycles. The molecule has 0 aromatic rings. The lowest BCUT2D eigenvalue weighted by atomic mass is 10.5. The van der Waals surface area contributed by atoms with Crippen LogP contribution in [0.15, 0.2) is 0 Å². The summed E-state index contributed by atoms with van der Waals surface area (Å²) in [7, 11) is -2.44. The van der Waals surface area contributed by atoms with Crippen molar-refractivity contribution >= 4 is 19.4 Å². The predicted octanol–water partition coefficient (Wildman–Crippen LogP) is 3.87. The van der Waals surface area contributed by atoms with Crippen LogP contribution in [0.2, 0.25) is 0 Å². The predicted molar refractivity (Wildman–Crippen MR) is 64.6 cm³/mol. The van der Waals surface area contributed by atoms with Crippen LogP contribution in [0.25, 0.3) is 0 Å². The van der Waals surface area contributed by atoms with E-state index in [-0.39, 0.29) is 18.3 Å². The molecule has 0 heterocycles. The standard InChI is InChI=1S/C9H22O3PS/c1-7(2)10-13(14,11-8(3)4)12-9(5)6/h7-9,14H,1-6H3/q+1. The van der Waals surface area contributed by atoms with Crippen molar-refractivity contribution in [3.8, 4) is 0 Å². The van der Waals surface area contributed by atoms with E-state index in [1.165, 1.54) is 0 Å². The Morgan fingerprint density at radius 2 is 0.929 bits per heavy atom. The molecule has 0 atom stereocenters. The van der Waals surface area contributed by atoms with Crippen LogP contribution >= 0.6 is 19.4 Å². The maximum absolute atomic E-state index is 5.59. The molecule has 14 heavy (non-hydrogen) atoms. The van der Waals surface area contributed by atoms with Crippen LogP contribution in [0.3, 0.4) is 0 Å². The van der Waals surface area contributed by atoms with E-state index in [4.69, 9.17) is 13.6 Å². The molecule has 0 spiro atoms. The molecule has 0 aliphatic rings. The zero-order chi connectivity index (χ0) is 11.4. The number of rotatable bonds is 6. The third-order valence-corrected chi connectivity index (χ3v) is 3.94. The fourth-order valence-corrected chi connectivity index (χ4v) is 4.32. The molecule has 0 bridgehead atoms. The van der Waals surface area contributed by atoms with Crippen LogP contribution in [0.5, 0.6) is 0 Å². The van der Waals surface area contributed by atoms with Crippen molar-refractivity contribution < 1.29 is 13.6 Å². The molecule has 0 rings (SSSR count). The van der Waals surface area contributed by atoms with Gasteiger partial charge < -0.3 is 0 Å². The lowest BCUT2D eigenvalue weighted by Gasteiger charge is -2.21. The van der Waals surface area contributed by atoms with Gasteiger partial charge in [-0.25, -0.2) is 0 Å². The van der Waals surface area contributed by atoms with E-state index in [1.807, 2.05) is 41.5 Å². The van der Waals surface area contributed by atoms with Gasteiger partial charge in [0.15, 0.2) is 0 Å². The van der Waals surface area contributed by atoms with Crippen molar-refractivity contribution in [2.24, 2.45) is 0 Å². The largest absolute Gasteiger partial charge is 0.478 e. The van der Waals surface area contributed by atoms with E-state index in [0.717, 1.165) is 0 Å². The zero-order valence-corrected chi connectivity index (χ0v) is 11.6. The normalized spacial score (nSPS) is 13.3. The second-order valence-corrected chi connectivity index (χ2v) is 6.97. The highest BCUT2D eigenvalue weighted by Crippen LogP contribution is 2.68. The first kappa shape index (κ1) is 14.7. The van der Waals surface area contributed by atoms with Crippen LogP contribution < -0.4 is 0 Å². The Morgan fingerprint density at radius 3 is 1.07 bits per heavy atom. The van der Waals surface area contributed by atoms with Gasteiger partial charge in [-0.1, -0.05) is 0 Å². The van der Waals surface area contributed by atoms with Crippen molar-refractivity contribution in [2.45, 2.75) is 59.9 Å². The molecule has 86 valence electrons. The number of hydrogen-bond acceptors (Lipinski definition) is 4. The van der Waals surface area contributed by atoms with E-state index >= 15 is 0 Å². The molecule has 0 aromatic carbocycles. The minimum Gasteiger partial charge on any atom is -0.166 e. The van der Waals surface area contributed by atoms with Crippen molar-refractivity contribution in [3.05, 3.63) is 0 Å². The number of thiol groups is 1. The fourth-order valence-electron chi connectivity index (χ4n) is 0.874. The van der Waals surface area contributed by atoms with Crippen molar-refractivity contribution in [1.82, 2.24) is 0 Å². The van der Waals surface area contributed by atoms with Crippen molar-refractivity contribution in [3.63, 3.8) is 0 Å². The second kappa shape index (κ2) is 6.29. The van der Waals surface area contributed by atoms with Crippen molar-refractivity contribution in [2.75, 3.05) is 0 Å². The number of hydrogen-bond donors (Lipinski definition) is 1. The summed E-state index contributed by atoms with van der Waals surface area (Å²) in [5.74, 6) is 0. The summed E-state index contributed by atoms with van der Waals surface area (Å²) in [4.78, 5) is 0. The van der Waals surface area contributed by atoms with Gasteiger partial charge in [0, 0.05) is 0 Å². The summed E-state index contributed by atoms with van der Waals surface area (Å²) in [6.07, 6.45) is 0.162. The smallest absolute Gasteiger partial charge is 0.166 e. The zero-order valence-electron chi connectivity index (χ0n) is 9.85. The highest BCUT2D eigenvalue weighted by atomic mass is 32.7. The van der Waals surface area contributed by atoms with E-state index in [2.05, 4.69) is 12.2 Å². The quantitative estimate of drug-likeness (QED) is 0.565. The van der Waals surface area contributed by atoms with Crippen LogP contribution in [-0.2, 0) is 13.6 Å². The molecular formula is C9H22O3PS+. The molecule has 0 aliphatic carbocycles. The molecular weight excluding hydrogens is 219 g/mol. The third-order valence-electron chi connectivity index (χ3n) is 1.03. The second-order valence-electron chi connectivity index (χ2n) is 3.93. The topological polar surface area (TPSA) is 27.7 Å². The molecule has 0 saturated carbocycles. The van der Waals surface area contributed by atoms with Gasteiger partial charge in [0.25, 0.3) is 0 Å². The lowest BCUT2D eigenvalue weighted by Crippen LogP contribution is -2.14. The Kier molecular flexibility index (Phi) is 6.58. The van der Waals surface area contributed by atoms with Crippen molar-refractivity contribution in [1.29, 1.82) is 0 Å². The summed E-state index contributed by atoms with van der Waals surface area (Å²) >= 11 is 4.38. The molecule has 0 amide bonds. The summed E-state index contributed by atoms with van der Waals surface area (Å²) in [5, 5.41) is 0. The van der Waals surface area contributed by atoms with Gasteiger partial charge in [-0.05, 0) is 41.5 Å². The van der Waals surface area contributed by atoms with Gasteiger partial charge in [0.1, 0.15) is 18.3 Å². The summed E-state index contributed by atoms with van der Waals surface area (Å²) in [6, 6.07) is 0. The minimum absolute atomic E-state index is 0.0540. The minimum atomic E-state index is -2.44. The monoisotopic (exact) mass is 241 g/mol. The van der Waals surface area contributed by atoms with E-state index in [0.29, 0.717) is 0 Å². The van der Waals surface area contributed by atoms with Gasteiger partial charge in [-0.15, -0.1) is 0 Å². The first-order valence-electron chi connectivity index (χ1n) is 4.92. The lowest BCUT2D eigenvalue weighted by molar-refractivity contribution is 0.0887. The van der Waals surface area contributed by atoms with Crippen LogP contribution in [0, 0.1) is 0 Å². The highest BCUT2D eigenvalue weighted by Gasteiger charge is 2.45. The van der Waals surface area contributed by atoms with Gasteiger partial charge in [-0.2, -0.15) is 13.6 Å². The molecule has 0 unspecified atom stereocenters. The van der Waals surface area contributed by atoms with E-state index < -0.39 is 7.15 Å². The Morgan fingerprint density at radius 1 is 0.714 bits per heavy atom. The van der Waals surface area contributed by atoms with Gasteiger partial charge >= 0.3 is 7.15 Å². The first-order valence-corrected chi connectivity index (χ1v) is 7.61. The highest BCUT2D eigenvalue weighted by molar-refractivity contribution is 8.47. The molecule has 0 fully saturated rings. The van der Waals surface area contributed by atoms with Crippen LogP contribution in [0.1, 0.15) is 41.5 Å². The molecule has 0 aliphatic heterocycles. The SMILES string of the molecule is CC(C)O[P+](S)(OC(C)C)OC(C)C. The maximum atomic E-state index is 5.59. The molecule has 0 radical (unpaired) electrons. The summed E-state index contributed by atoms with van der Waals surface area (Å²) < 4.78 is 16.8. The van der Waals surface area contributed by atoms with Gasteiger partial charge in [-0.3, -0.25) is 0 Å². The Balaban J connectivity index is 4.32. The Hall–Kier alpha value is 0.660. The van der Waals surface area contributed by atoms with E-state index in [9.17, 15) is 0 Å². The molecule has 3 nitrogen and oxygen atoms in total. The maximum Gasteiger partial charge on any atom is 0.478 e. The summed E-state index contributed by atoms with van der Waals surface area (Å²) in [5.41, 5.74) is 0. The van der Waals surface area contributed by atoms with Gasteiger partial charge in [0.2, 0.25) is 0 Å². The van der Waals surface area contributed by atoms with E-state index in [1.54, 1.807) is 0 Å². The molecule has 5 heteroatoms. The summed E-state index contributed by atoms with van der Waals surface area (Å²) in [6.45, 7) is 11.7. The van der Waals surface area contributed by atoms with Crippen LogP contribution in [0.4, 0.5) is 0 Å². The molecule has 0 N–H and O–H groups in total. The van der Waals surface area contributed by atoms with Gasteiger partial charge in [0.05, 0.1) is 12.2 Å². The average molecular weight is 241 g/mol. The third kappa shape index (κ3) is 7.02.